The molecule has 0 aromatic heterocycles. The molecule has 1 unspecified atom stereocenters. The highest BCUT2D eigenvalue weighted by Gasteiger charge is 2.25. The Labute approximate surface area is 162 Å². The van der Waals surface area contributed by atoms with Gasteiger partial charge in [0.25, 0.3) is 0 Å². The van der Waals surface area contributed by atoms with Crippen LogP contribution in [0.3, 0.4) is 0 Å². The van der Waals surface area contributed by atoms with E-state index in [1.54, 1.807) is 0 Å². The molecule has 2 aromatic carbocycles. The van der Waals surface area contributed by atoms with Crippen molar-refractivity contribution in [3.63, 3.8) is 0 Å². The summed E-state index contributed by atoms with van der Waals surface area (Å²) in [6.45, 7) is 14.6. The van der Waals surface area contributed by atoms with Gasteiger partial charge in [0.15, 0.2) is 16.6 Å². The zero-order valence-corrected chi connectivity index (χ0v) is 19.3. The summed E-state index contributed by atoms with van der Waals surface area (Å²) in [6, 6.07) is 22.1. The van der Waals surface area contributed by atoms with Crippen LogP contribution in [0.15, 0.2) is 60.7 Å². The lowest BCUT2D eigenvalue weighted by Crippen LogP contribution is -2.39. The first kappa shape index (κ1) is 20.9. The van der Waals surface area contributed by atoms with Crippen LogP contribution in [0.4, 0.5) is 5.69 Å². The van der Waals surface area contributed by atoms with Crippen LogP contribution in [-0.2, 0) is 4.12 Å². The van der Waals surface area contributed by atoms with Crippen LogP contribution in [0, 0.1) is 0 Å². The van der Waals surface area contributed by atoms with Gasteiger partial charge in [-0.3, -0.25) is 0 Å². The monoisotopic (exact) mass is 385 g/mol. The summed E-state index contributed by atoms with van der Waals surface area (Å²) in [7, 11) is -2.46. The number of rotatable bonds is 4. The molecule has 0 saturated carbocycles. The lowest BCUT2D eigenvalue weighted by Gasteiger charge is -2.27. The first-order chi connectivity index (χ1) is 12.2. The maximum Gasteiger partial charge on any atom is 0.170 e. The van der Waals surface area contributed by atoms with E-state index in [1.807, 2.05) is 0 Å². The van der Waals surface area contributed by atoms with E-state index in [-0.39, 0.29) is 0 Å². The third kappa shape index (κ3) is 7.10. The van der Waals surface area contributed by atoms with Gasteiger partial charge in [-0.2, -0.15) is 0 Å². The van der Waals surface area contributed by atoms with Gasteiger partial charge in [-0.1, -0.05) is 48.5 Å². The van der Waals surface area contributed by atoms with E-state index in [0.29, 0.717) is 6.04 Å². The molecule has 142 valence electrons. The Morgan fingerprint density at radius 2 is 1.27 bits per heavy atom. The third-order valence-electron chi connectivity index (χ3n) is 4.14. The van der Waals surface area contributed by atoms with E-state index in [1.165, 1.54) is 30.6 Å². The molecular formula is C22H35NOSi2. The predicted molar refractivity (Wildman–Crippen MR) is 120 cm³/mol. The van der Waals surface area contributed by atoms with Gasteiger partial charge in [-0.25, -0.2) is 0 Å². The Morgan fingerprint density at radius 3 is 1.73 bits per heavy atom. The smallest absolute Gasteiger partial charge is 0.170 e. The zero-order chi connectivity index (χ0) is 19.2. The SMILES string of the molecule is C[Si](C)(C)O[Si](C)(C)C.c1ccc(C2CCCN2c2ccccc2)cc1. The van der Waals surface area contributed by atoms with Gasteiger partial charge in [0.1, 0.15) is 0 Å². The van der Waals surface area contributed by atoms with Crippen LogP contribution in [0.1, 0.15) is 24.4 Å². The average molecular weight is 386 g/mol. The van der Waals surface area contributed by atoms with Crippen molar-refractivity contribution in [3.8, 4) is 0 Å². The molecule has 1 aliphatic rings. The average Bonchev–Trinajstić information content (AvgIpc) is 3.03. The Hall–Kier alpha value is -1.37. The van der Waals surface area contributed by atoms with Gasteiger partial charge in [0.2, 0.25) is 0 Å². The molecule has 3 rings (SSSR count). The Morgan fingerprint density at radius 1 is 0.769 bits per heavy atom. The minimum Gasteiger partial charge on any atom is -0.456 e. The second kappa shape index (κ2) is 9.02. The van der Waals surface area contributed by atoms with Crippen molar-refractivity contribution in [2.24, 2.45) is 0 Å². The van der Waals surface area contributed by atoms with E-state index >= 15 is 0 Å². The fourth-order valence-corrected chi connectivity index (χ4v) is 11.0. The van der Waals surface area contributed by atoms with Crippen molar-refractivity contribution in [3.05, 3.63) is 66.2 Å². The fraction of sp³-hybridized carbons (Fsp3) is 0.455. The number of benzene rings is 2. The van der Waals surface area contributed by atoms with Crippen LogP contribution in [-0.4, -0.2) is 23.2 Å². The largest absolute Gasteiger partial charge is 0.456 e. The molecule has 1 atom stereocenters. The molecule has 1 saturated heterocycles. The van der Waals surface area contributed by atoms with Crippen molar-refractivity contribution in [2.75, 3.05) is 11.4 Å². The Balaban J connectivity index is 0.000000232. The number of para-hydroxylation sites is 1. The number of nitrogens with zero attached hydrogens (tertiary/aromatic N) is 1. The van der Waals surface area contributed by atoms with Gasteiger partial charge in [-0.05, 0) is 69.8 Å². The molecule has 4 heteroatoms. The van der Waals surface area contributed by atoms with Gasteiger partial charge in [0, 0.05) is 12.2 Å². The van der Waals surface area contributed by atoms with Crippen LogP contribution < -0.4 is 4.90 Å². The highest BCUT2D eigenvalue weighted by atomic mass is 28.4. The zero-order valence-electron chi connectivity index (χ0n) is 17.3. The molecule has 0 spiro atoms. The summed E-state index contributed by atoms with van der Waals surface area (Å²) in [6.07, 6.45) is 2.55. The maximum atomic E-state index is 5.90. The number of hydrogen-bond donors (Lipinski definition) is 0. The van der Waals surface area contributed by atoms with Gasteiger partial charge >= 0.3 is 0 Å². The van der Waals surface area contributed by atoms with Crippen molar-refractivity contribution >= 4 is 22.3 Å². The first-order valence-corrected chi connectivity index (χ1v) is 16.5. The van der Waals surface area contributed by atoms with Crippen LogP contribution >= 0.6 is 0 Å². The summed E-state index contributed by atoms with van der Waals surface area (Å²) < 4.78 is 5.90. The molecule has 0 N–H and O–H groups in total. The van der Waals surface area contributed by atoms with Crippen molar-refractivity contribution in [1.29, 1.82) is 0 Å². The van der Waals surface area contributed by atoms with Crippen LogP contribution in [0.2, 0.25) is 39.3 Å². The Bertz CT molecular complexity index is 590. The summed E-state index contributed by atoms with van der Waals surface area (Å²) in [4.78, 5) is 2.52. The second-order valence-electron chi connectivity index (χ2n) is 8.92. The molecule has 0 amide bonds. The minimum absolute atomic E-state index is 0.554. The molecule has 0 aliphatic carbocycles. The highest BCUT2D eigenvalue weighted by molar-refractivity contribution is 6.83. The summed E-state index contributed by atoms with van der Waals surface area (Å²) in [5.41, 5.74) is 2.78. The number of anilines is 1. The molecule has 0 radical (unpaired) electrons. The normalized spacial score (nSPS) is 17.6. The molecule has 2 nitrogen and oxygen atoms in total. The van der Waals surface area contributed by atoms with Crippen LogP contribution in [0.25, 0.3) is 0 Å². The lowest BCUT2D eigenvalue weighted by molar-refractivity contribution is 0.559. The van der Waals surface area contributed by atoms with E-state index in [0.717, 1.165) is 0 Å². The molecule has 26 heavy (non-hydrogen) atoms. The maximum absolute atomic E-state index is 5.90. The molecule has 2 aromatic rings. The molecule has 1 aliphatic heterocycles. The molecule has 1 fully saturated rings. The molecular weight excluding hydrogens is 350 g/mol. The molecule has 0 bridgehead atoms. The predicted octanol–water partition coefficient (Wildman–Crippen LogP) is 6.70. The minimum atomic E-state index is -1.23. The van der Waals surface area contributed by atoms with Crippen LogP contribution in [0.5, 0.6) is 0 Å². The van der Waals surface area contributed by atoms with E-state index < -0.39 is 16.6 Å². The topological polar surface area (TPSA) is 12.5 Å². The highest BCUT2D eigenvalue weighted by Crippen LogP contribution is 2.35. The van der Waals surface area contributed by atoms with Crippen molar-refractivity contribution in [1.82, 2.24) is 0 Å². The quantitative estimate of drug-likeness (QED) is 0.543. The van der Waals surface area contributed by atoms with Gasteiger partial charge in [0.05, 0.1) is 6.04 Å². The third-order valence-corrected chi connectivity index (χ3v) is 9.04. The van der Waals surface area contributed by atoms with E-state index in [4.69, 9.17) is 4.12 Å². The van der Waals surface area contributed by atoms with Crippen molar-refractivity contribution in [2.45, 2.75) is 58.2 Å². The second-order valence-corrected chi connectivity index (χ2v) is 18.2. The van der Waals surface area contributed by atoms with Gasteiger partial charge < -0.3 is 9.02 Å². The van der Waals surface area contributed by atoms with Gasteiger partial charge in [-0.15, -0.1) is 0 Å². The van der Waals surface area contributed by atoms with E-state index in [2.05, 4.69) is 105 Å². The summed E-state index contributed by atoms with van der Waals surface area (Å²) in [5, 5.41) is 0. The molecule has 1 heterocycles. The standard InChI is InChI=1S/C16H17N.C6H18OSi2/c1-3-8-14(9-4-1)16-12-7-13-17(16)15-10-5-2-6-11-15;1-8(2,3)7-9(4,5)6/h1-6,8-11,16H,7,12-13H2;1-6H3. The lowest BCUT2D eigenvalue weighted by atomic mass is 10.0. The fourth-order valence-electron chi connectivity index (χ4n) is 3.64. The first-order valence-electron chi connectivity index (χ1n) is 9.72. The van der Waals surface area contributed by atoms with Crippen molar-refractivity contribution < 1.29 is 4.12 Å². The van der Waals surface area contributed by atoms with E-state index in [9.17, 15) is 0 Å². The Kier molecular flexibility index (Phi) is 7.27. The summed E-state index contributed by atoms with van der Waals surface area (Å²) in [5.74, 6) is 0. The summed E-state index contributed by atoms with van der Waals surface area (Å²) >= 11 is 0. The number of hydrogen-bond acceptors (Lipinski definition) is 2.